The first kappa shape index (κ1) is 14.6. The summed E-state index contributed by atoms with van der Waals surface area (Å²) in [5.41, 5.74) is 1.05. The zero-order valence-corrected chi connectivity index (χ0v) is 13.0. The Balaban J connectivity index is 2.05. The molecule has 1 aromatic rings. The van der Waals surface area contributed by atoms with E-state index in [1.54, 1.807) is 6.26 Å². The number of anilines is 1. The fourth-order valence-corrected chi connectivity index (χ4v) is 2.95. The molecule has 0 radical (unpaired) electrons. The Morgan fingerprint density at radius 3 is 2.79 bits per heavy atom. The van der Waals surface area contributed by atoms with Crippen molar-refractivity contribution < 1.29 is 4.21 Å². The van der Waals surface area contributed by atoms with Crippen LogP contribution in [0.15, 0.2) is 6.20 Å². The molecule has 1 fully saturated rings. The Bertz CT molecular complexity index is 438. The number of hydrogen-bond acceptors (Lipinski definition) is 3. The maximum atomic E-state index is 11.4. The summed E-state index contributed by atoms with van der Waals surface area (Å²) in [5.74, 6) is 0.946. The molecule has 108 valence electrons. The molecule has 2 atom stereocenters. The maximum absolute atomic E-state index is 11.4. The van der Waals surface area contributed by atoms with Gasteiger partial charge < -0.3 is 9.88 Å². The first-order valence-electron chi connectivity index (χ1n) is 7.19. The van der Waals surface area contributed by atoms with Gasteiger partial charge in [-0.3, -0.25) is 4.21 Å². The quantitative estimate of drug-likeness (QED) is 0.904. The van der Waals surface area contributed by atoms with Gasteiger partial charge in [-0.1, -0.05) is 19.3 Å². The molecule has 1 aliphatic carbocycles. The molecule has 2 rings (SSSR count). The van der Waals surface area contributed by atoms with Crippen molar-refractivity contribution in [2.24, 2.45) is 0 Å². The average Bonchev–Trinajstić information content (AvgIpc) is 2.78. The van der Waals surface area contributed by atoms with E-state index in [0.29, 0.717) is 12.6 Å². The lowest BCUT2D eigenvalue weighted by Gasteiger charge is -2.25. The highest BCUT2D eigenvalue weighted by atomic mass is 32.2. The highest BCUT2D eigenvalue weighted by Gasteiger charge is 2.19. The van der Waals surface area contributed by atoms with Crippen molar-refractivity contribution in [1.82, 2.24) is 9.55 Å². The van der Waals surface area contributed by atoms with Crippen LogP contribution in [0.4, 0.5) is 5.95 Å². The summed E-state index contributed by atoms with van der Waals surface area (Å²) >= 11 is 0. The maximum Gasteiger partial charge on any atom is 0.203 e. The van der Waals surface area contributed by atoms with E-state index in [2.05, 4.69) is 21.1 Å². The van der Waals surface area contributed by atoms with Crippen LogP contribution in [0, 0.1) is 6.92 Å². The predicted molar refractivity (Wildman–Crippen MR) is 81.1 cm³/mol. The molecule has 4 nitrogen and oxygen atoms in total. The second-order valence-electron chi connectivity index (χ2n) is 5.60. The van der Waals surface area contributed by atoms with Crippen LogP contribution in [-0.2, 0) is 10.8 Å². The van der Waals surface area contributed by atoms with E-state index >= 15 is 0 Å². The van der Waals surface area contributed by atoms with Gasteiger partial charge >= 0.3 is 0 Å². The number of imidazole rings is 1. The minimum Gasteiger partial charge on any atom is -0.354 e. The summed E-state index contributed by atoms with van der Waals surface area (Å²) < 4.78 is 13.7. The van der Waals surface area contributed by atoms with Crippen LogP contribution in [0.25, 0.3) is 0 Å². The number of nitrogens with one attached hydrogen (secondary N) is 1. The molecular formula is C14H25N3OS. The molecule has 19 heavy (non-hydrogen) atoms. The van der Waals surface area contributed by atoms with Crippen LogP contribution >= 0.6 is 0 Å². The monoisotopic (exact) mass is 283 g/mol. The van der Waals surface area contributed by atoms with Gasteiger partial charge in [0.25, 0.3) is 0 Å². The van der Waals surface area contributed by atoms with E-state index in [1.165, 1.54) is 32.1 Å². The summed E-state index contributed by atoms with van der Waals surface area (Å²) in [7, 11) is -0.788. The van der Waals surface area contributed by atoms with E-state index in [0.717, 1.165) is 11.6 Å². The lowest BCUT2D eigenvalue weighted by molar-refractivity contribution is 0.355. The molecule has 2 unspecified atom stereocenters. The summed E-state index contributed by atoms with van der Waals surface area (Å²) in [6, 6.07) is 0.583. The van der Waals surface area contributed by atoms with E-state index in [9.17, 15) is 4.21 Å². The van der Waals surface area contributed by atoms with Gasteiger partial charge in [-0.05, 0) is 26.7 Å². The van der Waals surface area contributed by atoms with Crippen molar-refractivity contribution in [2.75, 3.05) is 18.1 Å². The number of rotatable bonds is 5. The first-order valence-corrected chi connectivity index (χ1v) is 8.81. The Hall–Kier alpha value is -0.840. The molecule has 0 saturated heterocycles. The normalized spacial score (nSPS) is 20.2. The van der Waals surface area contributed by atoms with E-state index in [1.807, 2.05) is 13.8 Å². The van der Waals surface area contributed by atoms with Gasteiger partial charge in [-0.25, -0.2) is 4.98 Å². The van der Waals surface area contributed by atoms with E-state index in [4.69, 9.17) is 0 Å². The van der Waals surface area contributed by atoms with E-state index in [-0.39, 0.29) is 5.25 Å². The Kier molecular flexibility index (Phi) is 5.02. The lowest BCUT2D eigenvalue weighted by Crippen LogP contribution is -2.23. The average molecular weight is 283 g/mol. The molecule has 0 aliphatic heterocycles. The molecule has 1 heterocycles. The predicted octanol–water partition coefficient (Wildman–Crippen LogP) is 2.88. The third kappa shape index (κ3) is 3.81. The van der Waals surface area contributed by atoms with Crippen LogP contribution in [0.1, 0.15) is 50.8 Å². The van der Waals surface area contributed by atoms with Crippen LogP contribution in [-0.4, -0.2) is 31.8 Å². The van der Waals surface area contributed by atoms with Gasteiger partial charge in [0, 0.05) is 41.1 Å². The van der Waals surface area contributed by atoms with Crippen LogP contribution in [0.3, 0.4) is 0 Å². The largest absolute Gasteiger partial charge is 0.354 e. The van der Waals surface area contributed by atoms with Crippen LogP contribution in [0.5, 0.6) is 0 Å². The highest BCUT2D eigenvalue weighted by Crippen LogP contribution is 2.30. The molecule has 0 spiro atoms. The summed E-state index contributed by atoms with van der Waals surface area (Å²) in [4.78, 5) is 4.57. The fourth-order valence-electron chi connectivity index (χ4n) is 2.64. The molecule has 0 aromatic carbocycles. The topological polar surface area (TPSA) is 46.9 Å². The molecule has 1 aromatic heterocycles. The zero-order valence-electron chi connectivity index (χ0n) is 12.2. The SMILES string of the molecule is Cc1cn(C2CCCCC2)c(NCC(C)S(C)=O)n1. The fraction of sp³-hybridized carbons (Fsp3) is 0.786. The lowest BCUT2D eigenvalue weighted by atomic mass is 9.95. The van der Waals surface area contributed by atoms with Gasteiger partial charge in [0.05, 0.1) is 5.69 Å². The molecular weight excluding hydrogens is 258 g/mol. The number of hydrogen-bond donors (Lipinski definition) is 1. The Labute approximate surface area is 118 Å². The molecule has 0 amide bonds. The number of aryl methyl sites for hydroxylation is 1. The third-order valence-electron chi connectivity index (χ3n) is 3.94. The van der Waals surface area contributed by atoms with Crippen LogP contribution in [0.2, 0.25) is 0 Å². The first-order chi connectivity index (χ1) is 9.08. The molecule has 1 saturated carbocycles. The second-order valence-corrected chi connectivity index (χ2v) is 7.40. The summed E-state index contributed by atoms with van der Waals surface area (Å²) in [5, 5.41) is 3.52. The highest BCUT2D eigenvalue weighted by molar-refractivity contribution is 7.84. The van der Waals surface area contributed by atoms with Gasteiger partial charge in [0.2, 0.25) is 5.95 Å². The zero-order chi connectivity index (χ0) is 13.8. The minimum absolute atomic E-state index is 0.150. The van der Waals surface area contributed by atoms with Crippen LogP contribution < -0.4 is 5.32 Å². The molecule has 5 heteroatoms. The Morgan fingerprint density at radius 1 is 1.47 bits per heavy atom. The van der Waals surface area contributed by atoms with E-state index < -0.39 is 10.8 Å². The molecule has 1 N–H and O–H groups in total. The second kappa shape index (κ2) is 6.55. The Morgan fingerprint density at radius 2 is 2.16 bits per heavy atom. The van der Waals surface area contributed by atoms with Gasteiger partial charge in [-0.15, -0.1) is 0 Å². The number of aromatic nitrogens is 2. The standard InChI is InChI=1S/C14H25N3OS/c1-11-10-17(13-7-5-4-6-8-13)14(16-11)15-9-12(2)19(3)18/h10,12-13H,4-9H2,1-3H3,(H,15,16). The van der Waals surface area contributed by atoms with Gasteiger partial charge in [0.15, 0.2) is 0 Å². The van der Waals surface area contributed by atoms with Crippen molar-refractivity contribution in [3.05, 3.63) is 11.9 Å². The van der Waals surface area contributed by atoms with Crippen molar-refractivity contribution in [3.8, 4) is 0 Å². The summed E-state index contributed by atoms with van der Waals surface area (Å²) in [6.45, 7) is 4.75. The smallest absolute Gasteiger partial charge is 0.203 e. The molecule has 0 bridgehead atoms. The number of nitrogens with zero attached hydrogens (tertiary/aromatic N) is 2. The van der Waals surface area contributed by atoms with Crippen molar-refractivity contribution in [1.29, 1.82) is 0 Å². The van der Waals surface area contributed by atoms with Crippen molar-refractivity contribution in [3.63, 3.8) is 0 Å². The van der Waals surface area contributed by atoms with Gasteiger partial charge in [0.1, 0.15) is 0 Å². The minimum atomic E-state index is -0.788. The van der Waals surface area contributed by atoms with Crippen molar-refractivity contribution >= 4 is 16.7 Å². The summed E-state index contributed by atoms with van der Waals surface area (Å²) in [6.07, 6.45) is 10.4. The third-order valence-corrected chi connectivity index (χ3v) is 5.24. The molecule has 1 aliphatic rings. The van der Waals surface area contributed by atoms with Gasteiger partial charge in [-0.2, -0.15) is 0 Å². The van der Waals surface area contributed by atoms with Crippen molar-refractivity contribution in [2.45, 2.75) is 57.2 Å².